The normalized spacial score (nSPS) is 16.9. The first-order valence-electron chi connectivity index (χ1n) is 15.8. The number of carbonyl (C=O) groups is 6. The molecule has 1 aromatic heterocycles. The van der Waals surface area contributed by atoms with Gasteiger partial charge in [0.2, 0.25) is 24.1 Å². The molecule has 0 bridgehead atoms. The molecule has 13 nitrogen and oxygen atoms in total. The highest BCUT2D eigenvalue weighted by molar-refractivity contribution is 6.35. The van der Waals surface area contributed by atoms with E-state index in [-0.39, 0.29) is 30.4 Å². The minimum absolute atomic E-state index is 0.00312. The molecule has 4 amide bonds. The number of aromatic nitrogens is 2. The summed E-state index contributed by atoms with van der Waals surface area (Å²) < 4.78 is 26.4. The molecule has 1 aliphatic rings. The summed E-state index contributed by atoms with van der Waals surface area (Å²) in [7, 11) is 0. The summed E-state index contributed by atoms with van der Waals surface area (Å²) in [6.07, 6.45) is 4.88. The molecule has 46 heavy (non-hydrogen) atoms. The highest BCUT2D eigenvalue weighted by Crippen LogP contribution is 2.27. The minimum atomic E-state index is -3.07. The van der Waals surface area contributed by atoms with Gasteiger partial charge in [-0.2, -0.15) is 0 Å². The van der Waals surface area contributed by atoms with E-state index in [4.69, 9.17) is 5.11 Å². The lowest BCUT2D eigenvalue weighted by Crippen LogP contribution is -2.60. The second-order valence-corrected chi connectivity index (χ2v) is 12.3. The quantitative estimate of drug-likeness (QED) is 0.148. The van der Waals surface area contributed by atoms with Crippen LogP contribution in [0.5, 0.6) is 0 Å². The van der Waals surface area contributed by atoms with Crippen LogP contribution in [-0.4, -0.2) is 81.0 Å². The number of alkyl halides is 2. The summed E-state index contributed by atoms with van der Waals surface area (Å²) in [5.74, 6) is -6.97. The van der Waals surface area contributed by atoms with Crippen molar-refractivity contribution in [2.24, 2.45) is 17.8 Å². The molecule has 15 heteroatoms. The predicted octanol–water partition coefficient (Wildman–Crippen LogP) is 2.40. The van der Waals surface area contributed by atoms with E-state index in [1.807, 2.05) is 13.8 Å². The Morgan fingerprint density at radius 1 is 0.848 bits per heavy atom. The molecule has 0 unspecified atom stereocenters. The Morgan fingerprint density at radius 3 is 2.02 bits per heavy atom. The van der Waals surface area contributed by atoms with Crippen molar-refractivity contribution in [2.75, 3.05) is 0 Å². The lowest BCUT2D eigenvalue weighted by atomic mass is 9.84. The fourth-order valence-corrected chi connectivity index (χ4v) is 5.39. The molecule has 1 aromatic rings. The van der Waals surface area contributed by atoms with Crippen molar-refractivity contribution in [3.63, 3.8) is 0 Å². The van der Waals surface area contributed by atoms with Crippen LogP contribution in [0.2, 0.25) is 0 Å². The highest BCUT2D eigenvalue weighted by atomic mass is 19.3. The third-order valence-corrected chi connectivity index (χ3v) is 8.10. The van der Waals surface area contributed by atoms with Gasteiger partial charge in [0, 0.05) is 18.8 Å². The van der Waals surface area contributed by atoms with Crippen LogP contribution in [0.4, 0.5) is 8.78 Å². The largest absolute Gasteiger partial charge is 0.475 e. The number of halogens is 2. The van der Waals surface area contributed by atoms with Crippen molar-refractivity contribution in [3.05, 3.63) is 24.3 Å². The van der Waals surface area contributed by atoms with Crippen LogP contribution in [-0.2, 0) is 24.0 Å². The number of carboxylic acids is 1. The number of amides is 4. The number of aliphatic carboxylic acids is 1. The summed E-state index contributed by atoms with van der Waals surface area (Å²) >= 11 is 0. The van der Waals surface area contributed by atoms with Gasteiger partial charge in [-0.1, -0.05) is 66.2 Å². The molecule has 5 atom stereocenters. The molecule has 0 aromatic carbocycles. The van der Waals surface area contributed by atoms with Gasteiger partial charge in [-0.25, -0.2) is 18.6 Å². The first kappa shape index (κ1) is 38.1. The van der Waals surface area contributed by atoms with E-state index < -0.39 is 78.3 Å². The molecule has 5 N–H and O–H groups in total. The van der Waals surface area contributed by atoms with Crippen molar-refractivity contribution < 1.29 is 42.7 Å². The van der Waals surface area contributed by atoms with Crippen molar-refractivity contribution in [3.8, 4) is 0 Å². The monoisotopic (exact) mass is 652 g/mol. The second-order valence-electron chi connectivity index (χ2n) is 12.3. The molecule has 256 valence electrons. The van der Waals surface area contributed by atoms with E-state index in [1.165, 1.54) is 18.6 Å². The summed E-state index contributed by atoms with van der Waals surface area (Å²) in [4.78, 5) is 84.6. The summed E-state index contributed by atoms with van der Waals surface area (Å²) in [6, 6.07) is -5.47. The third-order valence-electron chi connectivity index (χ3n) is 8.10. The van der Waals surface area contributed by atoms with E-state index >= 15 is 0 Å². The zero-order valence-corrected chi connectivity index (χ0v) is 26.8. The fraction of sp³-hybridized carbons (Fsp3) is 0.677. The van der Waals surface area contributed by atoms with Crippen LogP contribution in [0.25, 0.3) is 0 Å². The third kappa shape index (κ3) is 12.4. The smallest absolute Gasteiger partial charge is 0.374 e. The Hall–Kier alpha value is -4.04. The summed E-state index contributed by atoms with van der Waals surface area (Å²) in [5.41, 5.74) is 0.00312. The topological polar surface area (TPSA) is 197 Å². The molecule has 2 rings (SSSR count). The Morgan fingerprint density at radius 2 is 1.48 bits per heavy atom. The number of hydrogen-bond donors (Lipinski definition) is 5. The Bertz CT molecular complexity index is 1200. The van der Waals surface area contributed by atoms with Crippen LogP contribution >= 0.6 is 0 Å². The maximum absolute atomic E-state index is 13.7. The summed E-state index contributed by atoms with van der Waals surface area (Å²) in [5, 5.41) is 19.2. The Balaban J connectivity index is 2.30. The zero-order chi connectivity index (χ0) is 34.4. The summed E-state index contributed by atoms with van der Waals surface area (Å²) in [6.45, 7) is 7.24. The number of ketones is 1. The van der Waals surface area contributed by atoms with Gasteiger partial charge in [-0.15, -0.1) is 0 Å². The van der Waals surface area contributed by atoms with Gasteiger partial charge in [-0.3, -0.25) is 29.0 Å². The van der Waals surface area contributed by atoms with Crippen molar-refractivity contribution >= 4 is 35.4 Å². The number of Topliss-reactive ketones (excluding diaryl/α,β-unsaturated/α-hetero) is 1. The SMILES string of the molecule is CC[C@H](C)[C@H](NC(=O)[C@H](CC(C)C)NC(=O)c1cnccn1)C(=O)N[C@@H](CC1CCCCC1)C(=O)N[C@@H](CC(F)F)C(=O)C(=O)O. The van der Waals surface area contributed by atoms with Crippen molar-refractivity contribution in [1.82, 2.24) is 31.2 Å². The predicted molar refractivity (Wildman–Crippen MR) is 162 cm³/mol. The molecule has 1 saturated carbocycles. The van der Waals surface area contributed by atoms with E-state index in [0.29, 0.717) is 6.42 Å². The molecule has 0 radical (unpaired) electrons. The van der Waals surface area contributed by atoms with Gasteiger partial charge in [0.05, 0.1) is 6.20 Å². The molecule has 0 saturated heterocycles. The number of carbonyl (C=O) groups excluding carboxylic acids is 5. The number of hydrogen-bond acceptors (Lipinski definition) is 8. The Labute approximate surface area is 267 Å². The van der Waals surface area contributed by atoms with Gasteiger partial charge >= 0.3 is 5.97 Å². The van der Waals surface area contributed by atoms with E-state index in [2.05, 4.69) is 31.2 Å². The molecular formula is C31H46F2N6O7. The van der Waals surface area contributed by atoms with Crippen LogP contribution in [0, 0.1) is 17.8 Å². The number of rotatable bonds is 18. The first-order chi connectivity index (χ1) is 21.7. The van der Waals surface area contributed by atoms with Gasteiger partial charge in [0.25, 0.3) is 11.7 Å². The van der Waals surface area contributed by atoms with E-state index in [0.717, 1.165) is 32.1 Å². The number of carboxylic acid groups (broad SMARTS) is 1. The van der Waals surface area contributed by atoms with Crippen LogP contribution < -0.4 is 21.3 Å². The standard InChI is InChI=1S/C31H46F2N6O7/c1-5-18(4)25(39-28(42)21(13-17(2)3)37-29(43)23-16-34-11-12-35-23)30(44)38-22(14-19-9-7-6-8-10-19)27(41)36-20(15-24(32)33)26(40)31(45)46/h11-12,16-22,24-25H,5-10,13-15H2,1-4H3,(H,36,41)(H,37,43)(H,38,44)(H,39,42)(H,45,46)/t18-,20-,21-,22-,25-/m0/s1. The molecule has 0 spiro atoms. The van der Waals surface area contributed by atoms with Gasteiger partial charge in [-0.05, 0) is 30.6 Å². The number of nitrogens with zero attached hydrogens (tertiary/aromatic N) is 2. The maximum Gasteiger partial charge on any atom is 0.374 e. The van der Waals surface area contributed by atoms with Crippen LogP contribution in [0.15, 0.2) is 18.6 Å². The van der Waals surface area contributed by atoms with E-state index in [1.54, 1.807) is 13.8 Å². The van der Waals surface area contributed by atoms with Crippen LogP contribution in [0.1, 0.15) is 96.0 Å². The molecule has 1 heterocycles. The Kier molecular flexibility index (Phi) is 15.6. The lowest BCUT2D eigenvalue weighted by Gasteiger charge is -2.31. The van der Waals surface area contributed by atoms with Gasteiger partial charge in [0.15, 0.2) is 0 Å². The zero-order valence-electron chi connectivity index (χ0n) is 26.8. The number of nitrogens with one attached hydrogen (secondary N) is 4. The lowest BCUT2D eigenvalue weighted by molar-refractivity contribution is -0.151. The fourth-order valence-electron chi connectivity index (χ4n) is 5.39. The van der Waals surface area contributed by atoms with Crippen molar-refractivity contribution in [1.29, 1.82) is 0 Å². The first-order valence-corrected chi connectivity index (χ1v) is 15.8. The minimum Gasteiger partial charge on any atom is -0.475 e. The average molecular weight is 653 g/mol. The second kappa shape index (κ2) is 18.8. The van der Waals surface area contributed by atoms with E-state index in [9.17, 15) is 37.5 Å². The van der Waals surface area contributed by atoms with Gasteiger partial charge in [0.1, 0.15) is 29.9 Å². The van der Waals surface area contributed by atoms with Crippen molar-refractivity contribution in [2.45, 2.75) is 116 Å². The highest BCUT2D eigenvalue weighted by Gasteiger charge is 2.36. The molecular weight excluding hydrogens is 606 g/mol. The molecule has 1 fully saturated rings. The average Bonchev–Trinajstić information content (AvgIpc) is 3.02. The molecule has 0 aliphatic heterocycles. The van der Waals surface area contributed by atoms with Gasteiger partial charge < -0.3 is 26.4 Å². The maximum atomic E-state index is 13.7. The molecule has 1 aliphatic carbocycles. The van der Waals surface area contributed by atoms with Crippen LogP contribution in [0.3, 0.4) is 0 Å².